The van der Waals surface area contributed by atoms with Crippen molar-refractivity contribution < 1.29 is 9.90 Å². The molecule has 1 amide bonds. The zero-order chi connectivity index (χ0) is 12.3. The van der Waals surface area contributed by atoms with Crippen LogP contribution in [0.5, 0.6) is 0 Å². The molecule has 0 aromatic rings. The molecule has 1 saturated carbocycles. The molecule has 3 nitrogen and oxygen atoms in total. The second-order valence-electron chi connectivity index (χ2n) is 5.89. The summed E-state index contributed by atoms with van der Waals surface area (Å²) in [6.45, 7) is 3.08. The summed E-state index contributed by atoms with van der Waals surface area (Å²) in [4.78, 5) is 13.9. The fraction of sp³-hybridized carbons (Fsp3) is 0.929. The Bertz CT molecular complexity index is 263. The Morgan fingerprint density at radius 2 is 1.82 bits per heavy atom. The van der Waals surface area contributed by atoms with E-state index in [4.69, 9.17) is 0 Å². The maximum Gasteiger partial charge on any atom is 0.223 e. The van der Waals surface area contributed by atoms with Crippen LogP contribution in [0, 0.1) is 5.92 Å². The van der Waals surface area contributed by atoms with E-state index in [2.05, 4.69) is 0 Å². The number of rotatable bonds is 3. The topological polar surface area (TPSA) is 40.5 Å². The van der Waals surface area contributed by atoms with Gasteiger partial charge in [0, 0.05) is 6.42 Å². The molecule has 2 aliphatic rings. The lowest BCUT2D eigenvalue weighted by Gasteiger charge is -2.46. The molecule has 0 unspecified atom stereocenters. The standard InChI is InChI=1S/C14H25NO2/c1-2-14(17)10-15(11-14)13(16)9-12-7-5-3-4-6-8-12/h12,17H,2-11H2,1H3. The Morgan fingerprint density at radius 1 is 1.24 bits per heavy atom. The van der Waals surface area contributed by atoms with Gasteiger partial charge in [-0.3, -0.25) is 4.79 Å². The summed E-state index contributed by atoms with van der Waals surface area (Å²) in [5.74, 6) is 0.857. The number of carbonyl (C=O) groups is 1. The third-order valence-corrected chi connectivity index (χ3v) is 4.42. The van der Waals surface area contributed by atoms with Crippen molar-refractivity contribution in [3.05, 3.63) is 0 Å². The molecule has 0 aromatic carbocycles. The van der Waals surface area contributed by atoms with E-state index >= 15 is 0 Å². The number of hydrogen-bond acceptors (Lipinski definition) is 2. The molecule has 0 spiro atoms. The number of likely N-dealkylation sites (tertiary alicyclic amines) is 1. The van der Waals surface area contributed by atoms with E-state index < -0.39 is 5.60 Å². The summed E-state index contributed by atoms with van der Waals surface area (Å²) in [6, 6.07) is 0. The zero-order valence-corrected chi connectivity index (χ0v) is 11.0. The molecule has 0 bridgehead atoms. The van der Waals surface area contributed by atoms with Crippen molar-refractivity contribution in [3.63, 3.8) is 0 Å². The van der Waals surface area contributed by atoms with Gasteiger partial charge < -0.3 is 10.0 Å². The maximum atomic E-state index is 12.0. The SMILES string of the molecule is CCC1(O)CN(C(=O)CC2CCCCCC2)C1. The highest BCUT2D eigenvalue weighted by Crippen LogP contribution is 2.29. The summed E-state index contributed by atoms with van der Waals surface area (Å²) in [7, 11) is 0. The molecule has 0 atom stereocenters. The van der Waals surface area contributed by atoms with Crippen molar-refractivity contribution in [2.75, 3.05) is 13.1 Å². The van der Waals surface area contributed by atoms with Crippen LogP contribution in [-0.2, 0) is 4.79 Å². The number of hydrogen-bond donors (Lipinski definition) is 1. The third kappa shape index (κ3) is 3.21. The van der Waals surface area contributed by atoms with Gasteiger partial charge in [0.1, 0.15) is 0 Å². The largest absolute Gasteiger partial charge is 0.386 e. The van der Waals surface area contributed by atoms with Crippen molar-refractivity contribution in [1.82, 2.24) is 4.90 Å². The quantitative estimate of drug-likeness (QED) is 0.768. The molecule has 0 aromatic heterocycles. The summed E-state index contributed by atoms with van der Waals surface area (Å²) in [5, 5.41) is 9.90. The van der Waals surface area contributed by atoms with Crippen LogP contribution in [0.25, 0.3) is 0 Å². The molecule has 1 saturated heterocycles. The highest BCUT2D eigenvalue weighted by Gasteiger charge is 2.42. The second-order valence-corrected chi connectivity index (χ2v) is 5.89. The molecule has 98 valence electrons. The van der Waals surface area contributed by atoms with Crippen molar-refractivity contribution in [3.8, 4) is 0 Å². The minimum absolute atomic E-state index is 0.259. The molecule has 1 aliphatic heterocycles. The smallest absolute Gasteiger partial charge is 0.223 e. The molecule has 3 heteroatoms. The fourth-order valence-electron chi connectivity index (χ4n) is 3.01. The maximum absolute atomic E-state index is 12.0. The van der Waals surface area contributed by atoms with Crippen molar-refractivity contribution in [2.24, 2.45) is 5.92 Å². The average Bonchev–Trinajstić information content (AvgIpc) is 2.53. The number of β-amino-alcohol motifs (C(OH)–C–C–N with tert-alkyl or cyclic N) is 1. The first-order valence-corrected chi connectivity index (χ1v) is 7.13. The summed E-state index contributed by atoms with van der Waals surface area (Å²) < 4.78 is 0. The molecule has 17 heavy (non-hydrogen) atoms. The van der Waals surface area contributed by atoms with Gasteiger partial charge in [-0.15, -0.1) is 0 Å². The van der Waals surface area contributed by atoms with E-state index in [1.807, 2.05) is 11.8 Å². The van der Waals surface area contributed by atoms with E-state index in [1.165, 1.54) is 38.5 Å². The average molecular weight is 239 g/mol. The van der Waals surface area contributed by atoms with Gasteiger partial charge in [-0.25, -0.2) is 0 Å². The Morgan fingerprint density at radius 3 is 2.35 bits per heavy atom. The van der Waals surface area contributed by atoms with Gasteiger partial charge in [-0.05, 0) is 25.2 Å². The summed E-state index contributed by atoms with van der Waals surface area (Å²) in [6.07, 6.45) is 9.15. The van der Waals surface area contributed by atoms with Gasteiger partial charge in [0.15, 0.2) is 0 Å². The molecule has 0 radical (unpaired) electrons. The van der Waals surface area contributed by atoms with Gasteiger partial charge in [-0.2, -0.15) is 0 Å². The molecular formula is C14H25NO2. The Kier molecular flexibility index (Phi) is 4.08. The highest BCUT2D eigenvalue weighted by molar-refractivity contribution is 5.77. The van der Waals surface area contributed by atoms with Crippen LogP contribution >= 0.6 is 0 Å². The minimum Gasteiger partial charge on any atom is -0.386 e. The number of nitrogens with zero attached hydrogens (tertiary/aromatic N) is 1. The number of aliphatic hydroxyl groups is 1. The Balaban J connectivity index is 1.74. The number of amides is 1. The van der Waals surface area contributed by atoms with Crippen molar-refractivity contribution in [2.45, 2.75) is 63.9 Å². The van der Waals surface area contributed by atoms with Crippen LogP contribution in [-0.4, -0.2) is 34.6 Å². The van der Waals surface area contributed by atoms with E-state index in [0.29, 0.717) is 25.4 Å². The van der Waals surface area contributed by atoms with Gasteiger partial charge in [0.2, 0.25) is 5.91 Å². The highest BCUT2D eigenvalue weighted by atomic mass is 16.3. The summed E-state index contributed by atoms with van der Waals surface area (Å²) in [5.41, 5.74) is -0.584. The van der Waals surface area contributed by atoms with Gasteiger partial charge in [-0.1, -0.05) is 32.6 Å². The van der Waals surface area contributed by atoms with Crippen LogP contribution in [0.3, 0.4) is 0 Å². The minimum atomic E-state index is -0.584. The Hall–Kier alpha value is -0.570. The van der Waals surface area contributed by atoms with Crippen molar-refractivity contribution in [1.29, 1.82) is 0 Å². The monoisotopic (exact) mass is 239 g/mol. The van der Waals surface area contributed by atoms with E-state index in [-0.39, 0.29) is 5.91 Å². The van der Waals surface area contributed by atoms with E-state index in [9.17, 15) is 9.90 Å². The first kappa shape index (κ1) is 12.9. The molecule has 2 rings (SSSR count). The summed E-state index contributed by atoms with van der Waals surface area (Å²) >= 11 is 0. The molecular weight excluding hydrogens is 214 g/mol. The third-order valence-electron chi connectivity index (χ3n) is 4.42. The van der Waals surface area contributed by atoms with Gasteiger partial charge >= 0.3 is 0 Å². The zero-order valence-electron chi connectivity index (χ0n) is 11.0. The second kappa shape index (κ2) is 5.38. The predicted octanol–water partition coefficient (Wildman–Crippen LogP) is 2.33. The normalized spacial score (nSPS) is 25.2. The lowest BCUT2D eigenvalue weighted by atomic mass is 9.89. The van der Waals surface area contributed by atoms with E-state index in [1.54, 1.807) is 0 Å². The molecule has 2 fully saturated rings. The lowest BCUT2D eigenvalue weighted by molar-refractivity contribution is -0.156. The van der Waals surface area contributed by atoms with E-state index in [0.717, 1.165) is 6.42 Å². The van der Waals surface area contributed by atoms with Crippen molar-refractivity contribution >= 4 is 5.91 Å². The fourth-order valence-corrected chi connectivity index (χ4v) is 3.01. The Labute approximate surface area is 104 Å². The lowest BCUT2D eigenvalue weighted by Crippen LogP contribution is -2.63. The van der Waals surface area contributed by atoms with Crippen LogP contribution in [0.1, 0.15) is 58.3 Å². The van der Waals surface area contributed by atoms with Crippen LogP contribution < -0.4 is 0 Å². The molecule has 1 aliphatic carbocycles. The number of carbonyl (C=O) groups excluding carboxylic acids is 1. The van der Waals surface area contributed by atoms with Crippen LogP contribution in [0.15, 0.2) is 0 Å². The first-order valence-electron chi connectivity index (χ1n) is 7.13. The van der Waals surface area contributed by atoms with Gasteiger partial charge in [0.05, 0.1) is 18.7 Å². The van der Waals surface area contributed by atoms with Gasteiger partial charge in [0.25, 0.3) is 0 Å². The van der Waals surface area contributed by atoms with Crippen LogP contribution in [0.4, 0.5) is 0 Å². The first-order chi connectivity index (χ1) is 8.13. The van der Waals surface area contributed by atoms with Crippen LogP contribution in [0.2, 0.25) is 0 Å². The predicted molar refractivity (Wildman–Crippen MR) is 67.6 cm³/mol. The molecule has 1 N–H and O–H groups in total. The molecule has 1 heterocycles.